The molecule has 0 aromatic heterocycles. The monoisotopic (exact) mass is 289 g/mol. The van der Waals surface area contributed by atoms with Gasteiger partial charge < -0.3 is 10.0 Å². The summed E-state index contributed by atoms with van der Waals surface area (Å²) in [5.41, 5.74) is 2.57. The summed E-state index contributed by atoms with van der Waals surface area (Å²) in [6.07, 6.45) is 3.96. The number of nitrogens with zero attached hydrogens (tertiary/aromatic N) is 1. The van der Waals surface area contributed by atoms with E-state index < -0.39 is 5.97 Å². The van der Waals surface area contributed by atoms with Crippen molar-refractivity contribution in [2.24, 2.45) is 5.92 Å². The summed E-state index contributed by atoms with van der Waals surface area (Å²) in [5.74, 6) is -1.06. The molecule has 114 valence electrons. The molecule has 0 aliphatic carbocycles. The van der Waals surface area contributed by atoms with Gasteiger partial charge in [-0.1, -0.05) is 29.8 Å². The molecular weight excluding hydrogens is 266 g/mol. The summed E-state index contributed by atoms with van der Waals surface area (Å²) in [7, 11) is 0. The lowest BCUT2D eigenvalue weighted by atomic mass is 10.1. The molecule has 1 fully saturated rings. The fourth-order valence-electron chi connectivity index (χ4n) is 2.71. The van der Waals surface area contributed by atoms with Gasteiger partial charge in [0.1, 0.15) is 0 Å². The van der Waals surface area contributed by atoms with Gasteiger partial charge in [-0.05, 0) is 38.2 Å². The fourth-order valence-corrected chi connectivity index (χ4v) is 2.71. The lowest BCUT2D eigenvalue weighted by Crippen LogP contribution is -2.29. The SMILES string of the molecule is Cc1ccc(CCCCC(=O)N2CC[C@H](C(=O)O)C2)cc1. The third kappa shape index (κ3) is 4.59. The average molecular weight is 289 g/mol. The van der Waals surface area contributed by atoms with Crippen LogP contribution in [0.1, 0.15) is 36.8 Å². The maximum Gasteiger partial charge on any atom is 0.308 e. The highest BCUT2D eigenvalue weighted by atomic mass is 16.4. The molecule has 1 aromatic rings. The Morgan fingerprint density at radius 1 is 1.24 bits per heavy atom. The predicted octanol–water partition coefficient (Wildman–Crippen LogP) is 2.64. The Morgan fingerprint density at radius 3 is 2.57 bits per heavy atom. The third-order valence-corrected chi connectivity index (χ3v) is 4.12. The highest BCUT2D eigenvalue weighted by Gasteiger charge is 2.30. The lowest BCUT2D eigenvalue weighted by molar-refractivity contribution is -0.141. The van der Waals surface area contributed by atoms with Crippen LogP contribution in [-0.4, -0.2) is 35.0 Å². The van der Waals surface area contributed by atoms with Crippen LogP contribution in [0.4, 0.5) is 0 Å². The highest BCUT2D eigenvalue weighted by molar-refractivity contribution is 5.78. The molecule has 1 aromatic carbocycles. The number of carbonyl (C=O) groups is 2. The second-order valence-electron chi connectivity index (χ2n) is 5.86. The van der Waals surface area contributed by atoms with Crippen molar-refractivity contribution in [3.8, 4) is 0 Å². The molecule has 1 heterocycles. The maximum absolute atomic E-state index is 12.0. The molecule has 1 saturated heterocycles. The molecule has 0 saturated carbocycles. The number of hydrogen-bond donors (Lipinski definition) is 1. The van der Waals surface area contributed by atoms with E-state index in [1.54, 1.807) is 4.90 Å². The molecule has 4 nitrogen and oxygen atoms in total. The van der Waals surface area contributed by atoms with Crippen molar-refractivity contribution in [2.45, 2.75) is 39.0 Å². The molecule has 1 aliphatic rings. The Morgan fingerprint density at radius 2 is 1.95 bits per heavy atom. The minimum atomic E-state index is -0.787. The zero-order valence-electron chi connectivity index (χ0n) is 12.5. The van der Waals surface area contributed by atoms with Crippen molar-refractivity contribution < 1.29 is 14.7 Å². The maximum atomic E-state index is 12.0. The molecule has 1 atom stereocenters. The second kappa shape index (κ2) is 7.25. The number of rotatable bonds is 6. The largest absolute Gasteiger partial charge is 0.481 e. The minimum Gasteiger partial charge on any atom is -0.481 e. The summed E-state index contributed by atoms with van der Waals surface area (Å²) in [4.78, 5) is 24.6. The van der Waals surface area contributed by atoms with Crippen molar-refractivity contribution >= 4 is 11.9 Å². The Labute approximate surface area is 125 Å². The van der Waals surface area contributed by atoms with Gasteiger partial charge in [-0.3, -0.25) is 9.59 Å². The van der Waals surface area contributed by atoms with E-state index in [1.165, 1.54) is 11.1 Å². The van der Waals surface area contributed by atoms with Crippen LogP contribution < -0.4 is 0 Å². The number of carboxylic acids is 1. The van der Waals surface area contributed by atoms with Gasteiger partial charge in [-0.25, -0.2) is 0 Å². The average Bonchev–Trinajstić information content (AvgIpc) is 2.95. The zero-order valence-corrected chi connectivity index (χ0v) is 12.5. The Kier molecular flexibility index (Phi) is 5.37. The van der Waals surface area contributed by atoms with Crippen LogP contribution in [0.3, 0.4) is 0 Å². The van der Waals surface area contributed by atoms with E-state index in [0.717, 1.165) is 19.3 Å². The van der Waals surface area contributed by atoms with Gasteiger partial charge in [0, 0.05) is 19.5 Å². The van der Waals surface area contributed by atoms with E-state index in [-0.39, 0.29) is 11.8 Å². The molecule has 1 N–H and O–H groups in total. The molecule has 21 heavy (non-hydrogen) atoms. The van der Waals surface area contributed by atoms with Crippen LogP contribution in [0.5, 0.6) is 0 Å². The minimum absolute atomic E-state index is 0.0997. The van der Waals surface area contributed by atoms with Gasteiger partial charge in [0.25, 0.3) is 0 Å². The first-order valence-electron chi connectivity index (χ1n) is 7.62. The first-order valence-corrected chi connectivity index (χ1v) is 7.62. The second-order valence-corrected chi connectivity index (χ2v) is 5.86. The number of aryl methyl sites for hydroxylation is 2. The number of benzene rings is 1. The van der Waals surface area contributed by atoms with Crippen molar-refractivity contribution in [1.82, 2.24) is 4.90 Å². The van der Waals surface area contributed by atoms with E-state index in [9.17, 15) is 9.59 Å². The number of carbonyl (C=O) groups excluding carboxylic acids is 1. The fraction of sp³-hybridized carbons (Fsp3) is 0.529. The lowest BCUT2D eigenvalue weighted by Gasteiger charge is -2.15. The Bertz CT molecular complexity index is 495. The molecule has 0 unspecified atom stereocenters. The predicted molar refractivity (Wildman–Crippen MR) is 81.1 cm³/mol. The smallest absolute Gasteiger partial charge is 0.308 e. The normalized spacial score (nSPS) is 18.0. The topological polar surface area (TPSA) is 57.6 Å². The quantitative estimate of drug-likeness (QED) is 0.819. The first-order chi connectivity index (χ1) is 10.1. The van der Waals surface area contributed by atoms with Gasteiger partial charge >= 0.3 is 5.97 Å². The molecule has 2 rings (SSSR count). The van der Waals surface area contributed by atoms with Crippen LogP contribution in [0.2, 0.25) is 0 Å². The van der Waals surface area contributed by atoms with Crippen molar-refractivity contribution in [2.75, 3.05) is 13.1 Å². The number of unbranched alkanes of at least 4 members (excludes halogenated alkanes) is 1. The zero-order chi connectivity index (χ0) is 15.2. The summed E-state index contributed by atoms with van der Waals surface area (Å²) >= 11 is 0. The molecule has 0 radical (unpaired) electrons. The molecule has 4 heteroatoms. The molecule has 0 spiro atoms. The van der Waals surface area contributed by atoms with Gasteiger partial charge in [-0.2, -0.15) is 0 Å². The summed E-state index contributed by atoms with van der Waals surface area (Å²) in [6.45, 7) is 3.04. The van der Waals surface area contributed by atoms with E-state index in [0.29, 0.717) is 25.9 Å². The van der Waals surface area contributed by atoms with Crippen LogP contribution >= 0.6 is 0 Å². The van der Waals surface area contributed by atoms with Crippen molar-refractivity contribution in [1.29, 1.82) is 0 Å². The van der Waals surface area contributed by atoms with Gasteiger partial charge in [-0.15, -0.1) is 0 Å². The molecular formula is C17H23NO3. The highest BCUT2D eigenvalue weighted by Crippen LogP contribution is 2.18. The summed E-state index contributed by atoms with van der Waals surface area (Å²) in [5, 5.41) is 8.93. The summed E-state index contributed by atoms with van der Waals surface area (Å²) < 4.78 is 0. The Hall–Kier alpha value is -1.84. The first kappa shape index (κ1) is 15.5. The number of aliphatic carboxylic acids is 1. The number of likely N-dealkylation sites (tertiary alicyclic amines) is 1. The van der Waals surface area contributed by atoms with E-state index in [1.807, 2.05) is 0 Å². The number of carboxylic acid groups (broad SMARTS) is 1. The number of hydrogen-bond acceptors (Lipinski definition) is 2. The molecule has 0 bridgehead atoms. The molecule has 1 aliphatic heterocycles. The van der Waals surface area contributed by atoms with Crippen LogP contribution in [-0.2, 0) is 16.0 Å². The third-order valence-electron chi connectivity index (χ3n) is 4.12. The van der Waals surface area contributed by atoms with Crippen LogP contribution in [0.25, 0.3) is 0 Å². The van der Waals surface area contributed by atoms with E-state index in [2.05, 4.69) is 31.2 Å². The molecule has 1 amide bonds. The number of amides is 1. The Balaban J connectivity index is 1.66. The van der Waals surface area contributed by atoms with Gasteiger partial charge in [0.05, 0.1) is 5.92 Å². The van der Waals surface area contributed by atoms with E-state index >= 15 is 0 Å². The van der Waals surface area contributed by atoms with E-state index in [4.69, 9.17) is 5.11 Å². The van der Waals surface area contributed by atoms with Crippen molar-refractivity contribution in [3.05, 3.63) is 35.4 Å². The van der Waals surface area contributed by atoms with Gasteiger partial charge in [0.2, 0.25) is 5.91 Å². The van der Waals surface area contributed by atoms with Gasteiger partial charge in [0.15, 0.2) is 0 Å². The van der Waals surface area contributed by atoms with Crippen LogP contribution in [0.15, 0.2) is 24.3 Å². The van der Waals surface area contributed by atoms with Crippen LogP contribution in [0, 0.1) is 12.8 Å². The standard InChI is InChI=1S/C17H23NO3/c1-13-6-8-14(9-7-13)4-2-3-5-16(19)18-11-10-15(12-18)17(20)21/h6-9,15H,2-5,10-12H2,1H3,(H,20,21)/t15-/m0/s1. The van der Waals surface area contributed by atoms with Crippen molar-refractivity contribution in [3.63, 3.8) is 0 Å². The summed E-state index contributed by atoms with van der Waals surface area (Å²) in [6, 6.07) is 8.48.